The van der Waals surface area contributed by atoms with Crippen molar-refractivity contribution in [3.8, 4) is 11.4 Å². The van der Waals surface area contributed by atoms with Gasteiger partial charge >= 0.3 is 12.0 Å². The van der Waals surface area contributed by atoms with Crippen molar-refractivity contribution in [3.63, 3.8) is 0 Å². The number of piperidine rings is 1. The van der Waals surface area contributed by atoms with Crippen LogP contribution in [0.4, 0.5) is 16.3 Å². The number of amides is 5. The van der Waals surface area contributed by atoms with Crippen LogP contribution < -0.4 is 15.4 Å². The Morgan fingerprint density at radius 3 is 2.29 bits per heavy atom. The van der Waals surface area contributed by atoms with Gasteiger partial charge in [-0.15, -0.1) is 0 Å². The van der Waals surface area contributed by atoms with E-state index in [-0.39, 0.29) is 36.7 Å². The van der Waals surface area contributed by atoms with E-state index in [1.807, 2.05) is 65.2 Å². The number of carbonyl (C=O) groups is 5. The third-order valence-corrected chi connectivity index (χ3v) is 11.1. The number of likely N-dealkylation sites (tertiary alicyclic amines) is 1. The number of rotatable bonds is 15. The highest BCUT2D eigenvalue weighted by Crippen LogP contribution is 2.33. The molecule has 7 rings (SSSR count). The average molecular weight is 845 g/mol. The molecule has 1 fully saturated rings. The number of nitrogens with zero attached hydrogens (tertiary/aromatic N) is 5. The maximum absolute atomic E-state index is 13.7. The molecule has 0 bridgehead atoms. The van der Waals surface area contributed by atoms with Crippen LogP contribution in [0.25, 0.3) is 16.7 Å². The van der Waals surface area contributed by atoms with Gasteiger partial charge in [0.2, 0.25) is 11.8 Å². The Morgan fingerprint density at radius 1 is 0.855 bits per heavy atom. The van der Waals surface area contributed by atoms with Crippen molar-refractivity contribution in [1.82, 2.24) is 29.5 Å². The lowest BCUT2D eigenvalue weighted by atomic mass is 9.92. The van der Waals surface area contributed by atoms with Crippen LogP contribution >= 0.6 is 0 Å². The molecule has 3 aromatic carbocycles. The number of aromatic amines is 1. The zero-order chi connectivity index (χ0) is 44.2. The SMILES string of the molecule is CC(C)(C)C(=O)OC(N1Cc2c(CCCCCCCOc3ccc4c(c3)ncn4-c3ccc(NC(=O)Nc4cc(C(C)(C)C)[nH]n4)cc3)cccc2C1=O)N1C(=O)CCCC1=O. The molecule has 0 aliphatic carbocycles. The molecule has 0 saturated carbocycles. The van der Waals surface area contributed by atoms with Crippen LogP contribution in [-0.4, -0.2) is 72.2 Å². The molecule has 5 amide bonds. The summed E-state index contributed by atoms with van der Waals surface area (Å²) in [6, 6.07) is 20.5. The molecular weight excluding hydrogens is 789 g/mol. The Balaban J connectivity index is 0.852. The fourth-order valence-electron chi connectivity index (χ4n) is 7.56. The number of hydrogen-bond acceptors (Lipinski definition) is 9. The van der Waals surface area contributed by atoms with Gasteiger partial charge in [0, 0.05) is 53.0 Å². The summed E-state index contributed by atoms with van der Waals surface area (Å²) in [6.07, 6.45) is 6.70. The second-order valence-corrected chi connectivity index (χ2v) is 18.0. The number of aryl methyl sites for hydroxylation is 1. The largest absolute Gasteiger partial charge is 0.494 e. The molecule has 15 nitrogen and oxygen atoms in total. The smallest absolute Gasteiger partial charge is 0.324 e. The molecule has 0 spiro atoms. The summed E-state index contributed by atoms with van der Waals surface area (Å²) in [4.78, 5) is 72.1. The Kier molecular flexibility index (Phi) is 12.8. The first-order valence-corrected chi connectivity index (χ1v) is 21.4. The number of benzene rings is 3. The number of H-pyrrole nitrogens is 1. The minimum absolute atomic E-state index is 0.107. The molecule has 2 aliphatic heterocycles. The number of nitrogens with one attached hydrogen (secondary N) is 3. The van der Waals surface area contributed by atoms with E-state index in [2.05, 4.69) is 46.6 Å². The summed E-state index contributed by atoms with van der Waals surface area (Å²) < 4.78 is 13.9. The van der Waals surface area contributed by atoms with Gasteiger partial charge in [-0.3, -0.25) is 39.1 Å². The van der Waals surface area contributed by atoms with Crippen molar-refractivity contribution in [2.24, 2.45) is 5.41 Å². The van der Waals surface area contributed by atoms with Crippen LogP contribution in [-0.2, 0) is 37.5 Å². The molecule has 0 radical (unpaired) electrons. The molecule has 1 saturated heterocycles. The Hall–Kier alpha value is -6.51. The lowest BCUT2D eigenvalue weighted by Crippen LogP contribution is -2.57. The first kappa shape index (κ1) is 43.6. The van der Waals surface area contributed by atoms with E-state index >= 15 is 0 Å². The van der Waals surface area contributed by atoms with Crippen molar-refractivity contribution < 1.29 is 33.4 Å². The molecule has 5 aromatic rings. The van der Waals surface area contributed by atoms with Crippen LogP contribution in [0.3, 0.4) is 0 Å². The van der Waals surface area contributed by atoms with E-state index in [9.17, 15) is 24.0 Å². The lowest BCUT2D eigenvalue weighted by Gasteiger charge is -2.38. The molecule has 326 valence electrons. The zero-order valence-corrected chi connectivity index (χ0v) is 36.4. The second kappa shape index (κ2) is 18.2. The third kappa shape index (κ3) is 9.98. The Bertz CT molecular complexity index is 2440. The topological polar surface area (TPSA) is 181 Å². The van der Waals surface area contributed by atoms with Gasteiger partial charge in [-0.25, -0.2) is 14.7 Å². The first-order chi connectivity index (χ1) is 29.6. The number of imide groups is 1. The van der Waals surface area contributed by atoms with Gasteiger partial charge in [0.25, 0.3) is 12.3 Å². The minimum Gasteiger partial charge on any atom is -0.494 e. The highest BCUT2D eigenvalue weighted by molar-refractivity contribution is 6.02. The van der Waals surface area contributed by atoms with Crippen molar-refractivity contribution in [1.29, 1.82) is 0 Å². The predicted molar refractivity (Wildman–Crippen MR) is 235 cm³/mol. The Labute approximate surface area is 361 Å². The summed E-state index contributed by atoms with van der Waals surface area (Å²) in [5.74, 6) is -0.653. The van der Waals surface area contributed by atoms with E-state index < -0.39 is 29.6 Å². The van der Waals surface area contributed by atoms with Crippen LogP contribution in [0.1, 0.15) is 120 Å². The molecule has 2 aliphatic rings. The van der Waals surface area contributed by atoms with Crippen molar-refractivity contribution in [2.45, 2.75) is 118 Å². The summed E-state index contributed by atoms with van der Waals surface area (Å²) in [5.41, 5.74) is 5.59. The number of aromatic nitrogens is 4. The molecule has 4 heterocycles. The number of imidazole rings is 1. The summed E-state index contributed by atoms with van der Waals surface area (Å²) in [5, 5.41) is 12.8. The van der Waals surface area contributed by atoms with E-state index in [1.165, 1.54) is 4.90 Å². The predicted octanol–water partition coefficient (Wildman–Crippen LogP) is 8.63. The van der Waals surface area contributed by atoms with Gasteiger partial charge in [-0.2, -0.15) is 5.10 Å². The number of anilines is 2. The van der Waals surface area contributed by atoms with E-state index in [0.29, 0.717) is 30.1 Å². The van der Waals surface area contributed by atoms with Gasteiger partial charge in [-0.05, 0) is 100 Å². The number of fused-ring (bicyclic) bond motifs is 2. The zero-order valence-electron chi connectivity index (χ0n) is 36.4. The number of urea groups is 1. The quantitative estimate of drug-likeness (QED) is 0.0528. The monoisotopic (exact) mass is 844 g/mol. The first-order valence-electron chi connectivity index (χ1n) is 21.4. The van der Waals surface area contributed by atoms with E-state index in [1.54, 1.807) is 33.2 Å². The second-order valence-electron chi connectivity index (χ2n) is 18.0. The van der Waals surface area contributed by atoms with Crippen molar-refractivity contribution in [3.05, 3.63) is 95.4 Å². The van der Waals surface area contributed by atoms with Crippen LogP contribution in [0.2, 0.25) is 0 Å². The number of ether oxygens (including phenoxy) is 2. The van der Waals surface area contributed by atoms with Crippen LogP contribution in [0.15, 0.2) is 73.1 Å². The molecular formula is C47H56N8O7. The lowest BCUT2D eigenvalue weighted by molar-refractivity contribution is -0.194. The number of unbranched alkanes of at least 4 members (excludes halogenated alkanes) is 4. The fraction of sp³-hybridized carbons (Fsp3) is 0.426. The fourth-order valence-corrected chi connectivity index (χ4v) is 7.56. The van der Waals surface area contributed by atoms with Gasteiger partial charge in [-0.1, -0.05) is 52.2 Å². The average Bonchev–Trinajstić information content (AvgIpc) is 3.96. The molecule has 2 aromatic heterocycles. The Morgan fingerprint density at radius 2 is 1.58 bits per heavy atom. The highest BCUT2D eigenvalue weighted by Gasteiger charge is 2.45. The molecule has 1 atom stereocenters. The molecule has 62 heavy (non-hydrogen) atoms. The molecule has 15 heteroatoms. The van der Waals surface area contributed by atoms with Crippen molar-refractivity contribution in [2.75, 3.05) is 17.2 Å². The summed E-state index contributed by atoms with van der Waals surface area (Å²) in [6.45, 7) is 12.0. The van der Waals surface area contributed by atoms with Crippen LogP contribution in [0, 0.1) is 5.41 Å². The summed E-state index contributed by atoms with van der Waals surface area (Å²) >= 11 is 0. The molecule has 3 N–H and O–H groups in total. The van der Waals surface area contributed by atoms with Gasteiger partial charge in [0.05, 0.1) is 29.6 Å². The van der Waals surface area contributed by atoms with Gasteiger partial charge in [0.15, 0.2) is 5.82 Å². The van der Waals surface area contributed by atoms with Crippen LogP contribution in [0.5, 0.6) is 5.75 Å². The standard InChI is InChI=1S/C47H56N8O7/c1-46(2,3)38-27-39(52-51-38)50-44(60)49-31-19-21-32(22-20-31)54-29-48-36-26-33(23-24-37(36)54)61-25-11-9-7-8-10-14-30-15-12-16-34-35(30)28-53(42(34)58)45(62-43(59)47(4,5)6)55-40(56)17-13-18-41(55)57/h12,15-16,19-24,26-27,29,45H,7-11,13-14,17-18,25,28H2,1-6H3,(H3,49,50,51,52,60). The van der Waals surface area contributed by atoms with Gasteiger partial charge in [0.1, 0.15) is 12.1 Å². The maximum Gasteiger partial charge on any atom is 0.324 e. The van der Waals surface area contributed by atoms with E-state index in [4.69, 9.17) is 9.47 Å². The normalized spacial score (nSPS) is 14.9. The molecule has 1 unspecified atom stereocenters. The highest BCUT2D eigenvalue weighted by atomic mass is 16.6. The van der Waals surface area contributed by atoms with Crippen molar-refractivity contribution >= 4 is 52.3 Å². The minimum atomic E-state index is -1.43. The van der Waals surface area contributed by atoms with Gasteiger partial charge < -0.3 is 14.8 Å². The van der Waals surface area contributed by atoms with E-state index in [0.717, 1.165) is 82.7 Å². The summed E-state index contributed by atoms with van der Waals surface area (Å²) in [7, 11) is 0. The number of carbonyl (C=O) groups excluding carboxylic acids is 5. The number of hydrogen-bond donors (Lipinski definition) is 3. The third-order valence-electron chi connectivity index (χ3n) is 11.1. The number of esters is 1. The maximum atomic E-state index is 13.7.